The van der Waals surface area contributed by atoms with E-state index in [0.29, 0.717) is 13.2 Å². The number of carbonyl (C=O) groups excluding carboxylic acids is 1. The minimum Gasteiger partial charge on any atom is -0.394 e. The van der Waals surface area contributed by atoms with Crippen LogP contribution < -0.4 is 5.32 Å². The summed E-state index contributed by atoms with van der Waals surface area (Å²) in [6, 6.07) is 9.30. The first-order chi connectivity index (χ1) is 10.8. The SMILES string of the molecule is O=C(N[C@@H](CO)c1ccccc1)C1(N2CCOCC2)CCC1. The van der Waals surface area contributed by atoms with Crippen LogP contribution >= 0.6 is 0 Å². The van der Waals surface area contributed by atoms with Gasteiger partial charge in [-0.2, -0.15) is 0 Å². The molecule has 2 aliphatic rings. The predicted molar refractivity (Wildman–Crippen MR) is 83.4 cm³/mol. The third-order valence-electron chi connectivity index (χ3n) is 4.91. The lowest BCUT2D eigenvalue weighted by Gasteiger charge is -2.50. The van der Waals surface area contributed by atoms with Gasteiger partial charge in [-0.05, 0) is 24.8 Å². The lowest BCUT2D eigenvalue weighted by atomic mass is 9.74. The number of hydrogen-bond donors (Lipinski definition) is 2. The average Bonchev–Trinajstić information content (AvgIpc) is 2.53. The molecular formula is C17H24N2O3. The molecule has 2 fully saturated rings. The highest BCUT2D eigenvalue weighted by Gasteiger charge is 2.49. The van der Waals surface area contributed by atoms with Crippen LogP contribution in [-0.2, 0) is 9.53 Å². The Morgan fingerprint density at radius 2 is 1.95 bits per heavy atom. The maximum atomic E-state index is 12.9. The molecule has 1 saturated carbocycles. The fourth-order valence-corrected chi connectivity index (χ4v) is 3.40. The molecule has 1 heterocycles. The van der Waals surface area contributed by atoms with Crippen LogP contribution in [0, 0.1) is 0 Å². The Morgan fingerprint density at radius 1 is 1.27 bits per heavy atom. The van der Waals surface area contributed by atoms with Crippen molar-refractivity contribution in [2.75, 3.05) is 32.9 Å². The second-order valence-electron chi connectivity index (χ2n) is 6.10. The lowest BCUT2D eigenvalue weighted by molar-refractivity contribution is -0.145. The number of ether oxygens (including phenoxy) is 1. The first-order valence-electron chi connectivity index (χ1n) is 8.06. The highest BCUT2D eigenvalue weighted by Crippen LogP contribution is 2.39. The van der Waals surface area contributed by atoms with Crippen molar-refractivity contribution in [1.82, 2.24) is 10.2 Å². The molecule has 0 spiro atoms. The van der Waals surface area contributed by atoms with Crippen molar-refractivity contribution in [3.63, 3.8) is 0 Å². The third kappa shape index (κ3) is 2.89. The van der Waals surface area contributed by atoms with E-state index in [-0.39, 0.29) is 18.6 Å². The fourth-order valence-electron chi connectivity index (χ4n) is 3.40. The first kappa shape index (κ1) is 15.5. The molecule has 5 nitrogen and oxygen atoms in total. The number of aliphatic hydroxyl groups excluding tert-OH is 1. The van der Waals surface area contributed by atoms with E-state index in [0.717, 1.165) is 37.9 Å². The number of benzene rings is 1. The van der Waals surface area contributed by atoms with Crippen LogP contribution in [0.2, 0.25) is 0 Å². The minimum absolute atomic E-state index is 0.0450. The van der Waals surface area contributed by atoms with E-state index < -0.39 is 5.54 Å². The zero-order valence-electron chi connectivity index (χ0n) is 12.8. The molecule has 22 heavy (non-hydrogen) atoms. The highest BCUT2D eigenvalue weighted by molar-refractivity contribution is 5.87. The summed E-state index contributed by atoms with van der Waals surface area (Å²) in [4.78, 5) is 15.1. The van der Waals surface area contributed by atoms with E-state index in [2.05, 4.69) is 10.2 Å². The van der Waals surface area contributed by atoms with Crippen molar-refractivity contribution in [3.05, 3.63) is 35.9 Å². The second kappa shape index (κ2) is 6.77. The van der Waals surface area contributed by atoms with Gasteiger partial charge in [0.25, 0.3) is 0 Å². The van der Waals surface area contributed by atoms with Crippen LogP contribution in [-0.4, -0.2) is 54.4 Å². The number of amides is 1. The lowest BCUT2D eigenvalue weighted by Crippen LogP contribution is -2.65. The number of rotatable bonds is 5. The van der Waals surface area contributed by atoms with Gasteiger partial charge in [0.15, 0.2) is 0 Å². The molecule has 1 aliphatic heterocycles. The maximum Gasteiger partial charge on any atom is 0.241 e. The third-order valence-corrected chi connectivity index (χ3v) is 4.91. The maximum absolute atomic E-state index is 12.9. The topological polar surface area (TPSA) is 61.8 Å². The number of hydrogen-bond acceptors (Lipinski definition) is 4. The molecule has 5 heteroatoms. The van der Waals surface area contributed by atoms with Crippen molar-refractivity contribution in [2.24, 2.45) is 0 Å². The zero-order chi connectivity index (χ0) is 15.4. The zero-order valence-corrected chi connectivity index (χ0v) is 12.8. The van der Waals surface area contributed by atoms with Crippen LogP contribution in [0.3, 0.4) is 0 Å². The monoisotopic (exact) mass is 304 g/mol. The molecule has 1 aromatic carbocycles. The standard InChI is InChI=1S/C17H24N2O3/c20-13-15(14-5-2-1-3-6-14)18-16(21)17(7-4-8-17)19-9-11-22-12-10-19/h1-3,5-6,15,20H,4,7-13H2,(H,18,21)/t15-/m0/s1. The first-order valence-corrected chi connectivity index (χ1v) is 8.06. The van der Waals surface area contributed by atoms with E-state index in [4.69, 9.17) is 4.74 Å². The Bertz CT molecular complexity index is 496. The molecular weight excluding hydrogens is 280 g/mol. The summed E-state index contributed by atoms with van der Waals surface area (Å²) in [5.74, 6) is 0.0450. The molecule has 120 valence electrons. The normalized spacial score (nSPS) is 22.6. The summed E-state index contributed by atoms with van der Waals surface area (Å²) < 4.78 is 5.40. The summed E-state index contributed by atoms with van der Waals surface area (Å²) in [6.45, 7) is 2.91. The van der Waals surface area contributed by atoms with Gasteiger partial charge in [0.1, 0.15) is 5.54 Å². The molecule has 0 unspecified atom stereocenters. The van der Waals surface area contributed by atoms with Gasteiger partial charge < -0.3 is 15.2 Å². The summed E-state index contributed by atoms with van der Waals surface area (Å²) in [7, 11) is 0. The summed E-state index contributed by atoms with van der Waals surface area (Å²) in [6.07, 6.45) is 2.87. The van der Waals surface area contributed by atoms with Gasteiger partial charge in [0.05, 0.1) is 25.9 Å². The number of aliphatic hydroxyl groups is 1. The largest absolute Gasteiger partial charge is 0.394 e. The summed E-state index contributed by atoms with van der Waals surface area (Å²) in [5, 5.41) is 12.7. The molecule has 1 atom stereocenters. The number of nitrogens with zero attached hydrogens (tertiary/aromatic N) is 1. The highest BCUT2D eigenvalue weighted by atomic mass is 16.5. The minimum atomic E-state index is -0.397. The Kier molecular flexibility index (Phi) is 4.76. The van der Waals surface area contributed by atoms with E-state index in [1.807, 2.05) is 30.3 Å². The van der Waals surface area contributed by atoms with Gasteiger partial charge in [0.2, 0.25) is 5.91 Å². The number of nitrogens with one attached hydrogen (secondary N) is 1. The van der Waals surface area contributed by atoms with Crippen molar-refractivity contribution in [2.45, 2.75) is 30.8 Å². The van der Waals surface area contributed by atoms with Crippen LogP contribution in [0.4, 0.5) is 0 Å². The molecule has 1 amide bonds. The molecule has 2 N–H and O–H groups in total. The summed E-state index contributed by atoms with van der Waals surface area (Å²) >= 11 is 0. The van der Waals surface area contributed by atoms with Crippen molar-refractivity contribution in [3.8, 4) is 0 Å². The van der Waals surface area contributed by atoms with Crippen molar-refractivity contribution >= 4 is 5.91 Å². The van der Waals surface area contributed by atoms with Crippen LogP contribution in [0.5, 0.6) is 0 Å². The van der Waals surface area contributed by atoms with Crippen LogP contribution in [0.1, 0.15) is 30.9 Å². The fraction of sp³-hybridized carbons (Fsp3) is 0.588. The molecule has 1 aromatic rings. The number of carbonyl (C=O) groups is 1. The second-order valence-corrected chi connectivity index (χ2v) is 6.10. The van der Waals surface area contributed by atoms with Gasteiger partial charge in [-0.15, -0.1) is 0 Å². The smallest absolute Gasteiger partial charge is 0.241 e. The van der Waals surface area contributed by atoms with E-state index in [1.54, 1.807) is 0 Å². The van der Waals surface area contributed by atoms with Gasteiger partial charge in [-0.25, -0.2) is 0 Å². The van der Waals surface area contributed by atoms with Gasteiger partial charge >= 0.3 is 0 Å². The summed E-state index contributed by atoms with van der Waals surface area (Å²) in [5.41, 5.74) is 0.543. The molecule has 0 radical (unpaired) electrons. The van der Waals surface area contributed by atoms with Gasteiger partial charge in [-0.1, -0.05) is 30.3 Å². The molecule has 0 aromatic heterocycles. The predicted octanol–water partition coefficient (Wildman–Crippen LogP) is 1.09. The van der Waals surface area contributed by atoms with E-state index >= 15 is 0 Å². The molecule has 0 bridgehead atoms. The van der Waals surface area contributed by atoms with E-state index in [1.165, 1.54) is 0 Å². The Morgan fingerprint density at radius 3 is 2.50 bits per heavy atom. The van der Waals surface area contributed by atoms with Crippen molar-refractivity contribution in [1.29, 1.82) is 0 Å². The number of morpholine rings is 1. The van der Waals surface area contributed by atoms with Crippen molar-refractivity contribution < 1.29 is 14.6 Å². The molecule has 1 saturated heterocycles. The average molecular weight is 304 g/mol. The Hall–Kier alpha value is -1.43. The van der Waals surface area contributed by atoms with Crippen LogP contribution in [0.25, 0.3) is 0 Å². The Balaban J connectivity index is 1.71. The van der Waals surface area contributed by atoms with E-state index in [9.17, 15) is 9.90 Å². The van der Waals surface area contributed by atoms with Crippen LogP contribution in [0.15, 0.2) is 30.3 Å². The Labute approximate surface area is 131 Å². The molecule has 1 aliphatic carbocycles. The molecule has 3 rings (SSSR count). The van der Waals surface area contributed by atoms with Gasteiger partial charge in [-0.3, -0.25) is 9.69 Å². The quantitative estimate of drug-likeness (QED) is 0.855. The van der Waals surface area contributed by atoms with Gasteiger partial charge in [0, 0.05) is 13.1 Å².